The van der Waals surface area contributed by atoms with Gasteiger partial charge in [-0.25, -0.2) is 9.59 Å². The first-order chi connectivity index (χ1) is 10.1. The molecule has 0 atom stereocenters. The van der Waals surface area contributed by atoms with E-state index in [9.17, 15) is 24.0 Å². The molecule has 22 heavy (non-hydrogen) atoms. The van der Waals surface area contributed by atoms with Crippen LogP contribution in [0.3, 0.4) is 0 Å². The summed E-state index contributed by atoms with van der Waals surface area (Å²) in [6.45, 7) is 0. The number of carbonyl (C=O) groups excluding carboxylic acids is 2. The molecule has 0 heterocycles. The first-order valence-electron chi connectivity index (χ1n) is 5.65. The van der Waals surface area contributed by atoms with Gasteiger partial charge in [0.25, 0.3) is 5.78 Å². The van der Waals surface area contributed by atoms with Crippen molar-refractivity contribution in [3.63, 3.8) is 0 Å². The number of rotatable bonds is 6. The quantitative estimate of drug-likeness (QED) is 0.407. The Kier molecular flexibility index (Phi) is 7.55. The molecule has 0 aliphatic heterocycles. The Morgan fingerprint density at radius 2 is 1.23 bits per heavy atom. The van der Waals surface area contributed by atoms with Crippen molar-refractivity contribution in [2.24, 2.45) is 0 Å². The largest absolute Gasteiger partial charge is 0.508 e. The number of Topliss-reactive ketones (excluding diaryl/α,β-unsaturated/α-hetero) is 2. The number of aliphatic carboxylic acids is 3. The second kappa shape index (κ2) is 8.84. The van der Waals surface area contributed by atoms with Gasteiger partial charge in [0.1, 0.15) is 12.2 Å². The molecule has 1 aromatic rings. The molecule has 0 saturated heterocycles. The van der Waals surface area contributed by atoms with Crippen LogP contribution in [0.25, 0.3) is 0 Å². The SMILES string of the molecule is O=C(O)C(=O)Cc1ccc(O)cc1.O=C(O)CC(=O)C(=O)O. The van der Waals surface area contributed by atoms with Gasteiger partial charge in [0.05, 0.1) is 0 Å². The highest BCUT2D eigenvalue weighted by Crippen LogP contribution is 2.10. The maximum Gasteiger partial charge on any atom is 0.372 e. The molecule has 1 rings (SSSR count). The van der Waals surface area contributed by atoms with Crippen molar-refractivity contribution in [3.05, 3.63) is 29.8 Å². The van der Waals surface area contributed by atoms with Crippen molar-refractivity contribution >= 4 is 29.5 Å². The van der Waals surface area contributed by atoms with Crippen LogP contribution < -0.4 is 0 Å². The lowest BCUT2D eigenvalue weighted by molar-refractivity contribution is -0.152. The highest BCUT2D eigenvalue weighted by Gasteiger charge is 2.14. The van der Waals surface area contributed by atoms with Gasteiger partial charge in [0, 0.05) is 6.42 Å². The molecule has 0 radical (unpaired) electrons. The van der Waals surface area contributed by atoms with Crippen LogP contribution in [-0.4, -0.2) is 49.9 Å². The van der Waals surface area contributed by atoms with Gasteiger partial charge in [-0.3, -0.25) is 14.4 Å². The Hall–Kier alpha value is -3.23. The van der Waals surface area contributed by atoms with E-state index in [4.69, 9.17) is 20.4 Å². The number of ketones is 2. The zero-order valence-electron chi connectivity index (χ0n) is 11.1. The van der Waals surface area contributed by atoms with Crippen molar-refractivity contribution < 1.29 is 44.4 Å². The molecular weight excluding hydrogens is 300 g/mol. The predicted octanol–water partition coefficient (Wildman–Crippen LogP) is -0.297. The summed E-state index contributed by atoms with van der Waals surface area (Å²) < 4.78 is 0. The van der Waals surface area contributed by atoms with E-state index >= 15 is 0 Å². The first kappa shape index (κ1) is 18.8. The standard InChI is InChI=1S/C9H8O4.C4H4O5/c10-7-3-1-6(2-4-7)5-8(11)9(12)13;5-2(4(8)9)1-3(6)7/h1-4,10H,5H2,(H,12,13);1H2,(H,6,7)(H,8,9). The Labute approximate surface area is 123 Å². The Balaban J connectivity index is 0.000000433. The van der Waals surface area contributed by atoms with Gasteiger partial charge in [-0.2, -0.15) is 0 Å². The fourth-order valence-electron chi connectivity index (χ4n) is 1.09. The predicted molar refractivity (Wildman–Crippen MR) is 69.3 cm³/mol. The van der Waals surface area contributed by atoms with E-state index in [1.165, 1.54) is 24.3 Å². The molecule has 0 aromatic heterocycles. The topological polar surface area (TPSA) is 166 Å². The molecule has 4 N–H and O–H groups in total. The summed E-state index contributed by atoms with van der Waals surface area (Å²) in [7, 11) is 0. The van der Waals surface area contributed by atoms with E-state index in [-0.39, 0.29) is 12.2 Å². The third-order valence-electron chi connectivity index (χ3n) is 2.09. The summed E-state index contributed by atoms with van der Waals surface area (Å²) in [6, 6.07) is 5.83. The van der Waals surface area contributed by atoms with E-state index in [1.54, 1.807) is 0 Å². The van der Waals surface area contributed by atoms with Crippen molar-refractivity contribution in [2.75, 3.05) is 0 Å². The molecule has 0 saturated carbocycles. The first-order valence-corrected chi connectivity index (χ1v) is 5.65. The van der Waals surface area contributed by atoms with Crippen molar-refractivity contribution in [1.29, 1.82) is 0 Å². The van der Waals surface area contributed by atoms with Gasteiger partial charge >= 0.3 is 17.9 Å². The summed E-state index contributed by atoms with van der Waals surface area (Å²) in [4.78, 5) is 50.1. The van der Waals surface area contributed by atoms with Gasteiger partial charge in [0.2, 0.25) is 5.78 Å². The van der Waals surface area contributed by atoms with E-state index < -0.39 is 35.9 Å². The van der Waals surface area contributed by atoms with Crippen molar-refractivity contribution in [1.82, 2.24) is 0 Å². The summed E-state index contributed by atoms with van der Waals surface area (Å²) in [6.07, 6.45) is -1.09. The molecular formula is C13H12O9. The molecule has 0 bridgehead atoms. The summed E-state index contributed by atoms with van der Waals surface area (Å²) in [5.41, 5.74) is 0.574. The highest BCUT2D eigenvalue weighted by molar-refractivity contribution is 6.35. The van der Waals surface area contributed by atoms with E-state index in [0.29, 0.717) is 5.56 Å². The zero-order chi connectivity index (χ0) is 17.3. The molecule has 0 fully saturated rings. The number of carbonyl (C=O) groups is 5. The molecule has 0 aliphatic carbocycles. The minimum Gasteiger partial charge on any atom is -0.508 e. The van der Waals surface area contributed by atoms with Crippen LogP contribution >= 0.6 is 0 Å². The normalized spacial score (nSPS) is 9.09. The molecule has 0 amide bonds. The van der Waals surface area contributed by atoms with Crippen LogP contribution in [0.15, 0.2) is 24.3 Å². The minimum atomic E-state index is -1.71. The van der Waals surface area contributed by atoms with Gasteiger partial charge < -0.3 is 20.4 Å². The molecule has 1 aromatic carbocycles. The van der Waals surface area contributed by atoms with E-state index in [1.807, 2.05) is 0 Å². The Morgan fingerprint density at radius 3 is 1.55 bits per heavy atom. The van der Waals surface area contributed by atoms with Gasteiger partial charge in [-0.05, 0) is 17.7 Å². The lowest BCUT2D eigenvalue weighted by Crippen LogP contribution is -2.16. The Bertz CT molecular complexity index is 586. The van der Waals surface area contributed by atoms with Crippen LogP contribution in [0, 0.1) is 0 Å². The van der Waals surface area contributed by atoms with Crippen LogP contribution in [0.5, 0.6) is 5.75 Å². The second-order valence-electron chi connectivity index (χ2n) is 3.87. The second-order valence-corrected chi connectivity index (χ2v) is 3.87. The number of hydrogen-bond acceptors (Lipinski definition) is 6. The zero-order valence-corrected chi connectivity index (χ0v) is 11.1. The summed E-state index contributed by atoms with van der Waals surface area (Å²) in [5, 5.41) is 32.9. The number of phenolic OH excluding ortho intramolecular Hbond substituents is 1. The summed E-state index contributed by atoms with van der Waals surface area (Å²) in [5.74, 6) is -6.65. The number of aromatic hydroxyl groups is 1. The molecule has 0 aliphatic rings. The molecule has 9 heteroatoms. The smallest absolute Gasteiger partial charge is 0.372 e. The van der Waals surface area contributed by atoms with Crippen LogP contribution in [0.1, 0.15) is 12.0 Å². The fraction of sp³-hybridized carbons (Fsp3) is 0.154. The van der Waals surface area contributed by atoms with Gasteiger partial charge in [0.15, 0.2) is 0 Å². The van der Waals surface area contributed by atoms with Gasteiger partial charge in [-0.1, -0.05) is 12.1 Å². The highest BCUT2D eigenvalue weighted by atomic mass is 16.4. The number of phenols is 1. The Morgan fingerprint density at radius 1 is 0.773 bits per heavy atom. The third kappa shape index (κ3) is 8.04. The maximum atomic E-state index is 10.7. The van der Waals surface area contributed by atoms with Crippen LogP contribution in [0.4, 0.5) is 0 Å². The fourth-order valence-corrected chi connectivity index (χ4v) is 1.09. The van der Waals surface area contributed by atoms with E-state index in [2.05, 4.69) is 0 Å². The minimum absolute atomic E-state index is 0.0894. The molecule has 0 unspecified atom stereocenters. The molecule has 9 nitrogen and oxygen atoms in total. The molecule has 0 spiro atoms. The monoisotopic (exact) mass is 312 g/mol. The van der Waals surface area contributed by atoms with Crippen LogP contribution in [0.2, 0.25) is 0 Å². The average molecular weight is 312 g/mol. The average Bonchev–Trinajstić information content (AvgIpc) is 2.41. The van der Waals surface area contributed by atoms with Crippen molar-refractivity contribution in [2.45, 2.75) is 12.8 Å². The lowest BCUT2D eigenvalue weighted by Gasteiger charge is -1.97. The number of hydrogen-bond donors (Lipinski definition) is 4. The van der Waals surface area contributed by atoms with Crippen LogP contribution in [-0.2, 0) is 30.4 Å². The third-order valence-corrected chi connectivity index (χ3v) is 2.09. The van der Waals surface area contributed by atoms with Crippen molar-refractivity contribution in [3.8, 4) is 5.75 Å². The van der Waals surface area contributed by atoms with E-state index in [0.717, 1.165) is 0 Å². The number of carboxylic acid groups (broad SMARTS) is 3. The summed E-state index contributed by atoms with van der Waals surface area (Å²) >= 11 is 0. The maximum absolute atomic E-state index is 10.7. The number of benzene rings is 1. The lowest BCUT2D eigenvalue weighted by atomic mass is 10.1. The molecule has 118 valence electrons. The number of carboxylic acids is 3. The van der Waals surface area contributed by atoms with Gasteiger partial charge in [-0.15, -0.1) is 0 Å².